The van der Waals surface area contributed by atoms with Gasteiger partial charge in [0.15, 0.2) is 0 Å². The third-order valence-corrected chi connectivity index (χ3v) is 3.68. The molecule has 0 fully saturated rings. The van der Waals surface area contributed by atoms with Crippen molar-refractivity contribution in [2.45, 2.75) is 13.5 Å². The van der Waals surface area contributed by atoms with Crippen molar-refractivity contribution in [3.63, 3.8) is 0 Å². The molecule has 0 saturated carbocycles. The summed E-state index contributed by atoms with van der Waals surface area (Å²) in [5.74, 6) is -0.318. The summed E-state index contributed by atoms with van der Waals surface area (Å²) in [5.41, 5.74) is 6.84. The zero-order valence-electron chi connectivity index (χ0n) is 8.63. The van der Waals surface area contributed by atoms with Gasteiger partial charge in [0, 0.05) is 22.0 Å². The van der Waals surface area contributed by atoms with Crippen LogP contribution in [0.4, 0.5) is 4.39 Å². The molecular formula is C11H10ClFN2S. The predicted octanol–water partition coefficient (Wildman–Crippen LogP) is 3.37. The van der Waals surface area contributed by atoms with E-state index in [1.807, 2.05) is 6.92 Å². The van der Waals surface area contributed by atoms with Crippen molar-refractivity contribution >= 4 is 22.9 Å². The van der Waals surface area contributed by atoms with E-state index >= 15 is 0 Å². The van der Waals surface area contributed by atoms with Crippen LogP contribution < -0.4 is 5.73 Å². The van der Waals surface area contributed by atoms with Crippen molar-refractivity contribution in [1.82, 2.24) is 4.98 Å². The van der Waals surface area contributed by atoms with Crippen LogP contribution in [0.25, 0.3) is 10.6 Å². The summed E-state index contributed by atoms with van der Waals surface area (Å²) in [6.07, 6.45) is 0. The van der Waals surface area contributed by atoms with Crippen LogP contribution in [0.2, 0.25) is 5.02 Å². The third kappa shape index (κ3) is 2.09. The van der Waals surface area contributed by atoms with Gasteiger partial charge >= 0.3 is 0 Å². The molecule has 1 aromatic carbocycles. The van der Waals surface area contributed by atoms with Crippen LogP contribution in [-0.2, 0) is 6.54 Å². The molecule has 16 heavy (non-hydrogen) atoms. The number of nitrogens with two attached hydrogens (primary N) is 1. The molecule has 0 aliphatic carbocycles. The molecule has 0 aliphatic heterocycles. The van der Waals surface area contributed by atoms with Crippen molar-refractivity contribution in [3.8, 4) is 10.6 Å². The van der Waals surface area contributed by atoms with Crippen LogP contribution in [-0.4, -0.2) is 4.98 Å². The zero-order valence-corrected chi connectivity index (χ0v) is 10.2. The van der Waals surface area contributed by atoms with Crippen LogP contribution in [0.5, 0.6) is 0 Å². The molecular weight excluding hydrogens is 247 g/mol. The van der Waals surface area contributed by atoms with Crippen molar-refractivity contribution in [1.29, 1.82) is 0 Å². The molecule has 2 N–H and O–H groups in total. The van der Waals surface area contributed by atoms with E-state index in [-0.39, 0.29) is 5.82 Å². The summed E-state index contributed by atoms with van der Waals surface area (Å²) in [5, 5.41) is 1.12. The minimum Gasteiger partial charge on any atom is -0.326 e. The normalized spacial score (nSPS) is 10.8. The van der Waals surface area contributed by atoms with Gasteiger partial charge in [0.05, 0.1) is 5.69 Å². The number of aryl methyl sites for hydroxylation is 1. The fourth-order valence-electron chi connectivity index (χ4n) is 1.39. The van der Waals surface area contributed by atoms with Gasteiger partial charge in [-0.05, 0) is 25.1 Å². The van der Waals surface area contributed by atoms with E-state index in [0.717, 1.165) is 10.6 Å². The molecule has 0 bridgehead atoms. The maximum atomic E-state index is 13.6. The monoisotopic (exact) mass is 256 g/mol. The highest BCUT2D eigenvalue weighted by atomic mass is 35.5. The molecule has 2 aromatic rings. The lowest BCUT2D eigenvalue weighted by Crippen LogP contribution is -1.94. The first kappa shape index (κ1) is 11.5. The maximum Gasteiger partial charge on any atom is 0.133 e. The number of aromatic nitrogens is 1. The summed E-state index contributed by atoms with van der Waals surface area (Å²) in [7, 11) is 0. The summed E-state index contributed by atoms with van der Waals surface area (Å²) < 4.78 is 13.6. The molecule has 0 aliphatic rings. The smallest absolute Gasteiger partial charge is 0.133 e. The van der Waals surface area contributed by atoms with E-state index in [1.54, 1.807) is 6.07 Å². The highest BCUT2D eigenvalue weighted by Gasteiger charge is 2.12. The maximum absolute atomic E-state index is 13.6. The Balaban J connectivity index is 2.53. The first-order valence-corrected chi connectivity index (χ1v) is 5.93. The van der Waals surface area contributed by atoms with Gasteiger partial charge in [-0.1, -0.05) is 11.6 Å². The lowest BCUT2D eigenvalue weighted by Gasteiger charge is -1.99. The second-order valence-electron chi connectivity index (χ2n) is 3.36. The standard InChI is InChI=1S/C11H10ClFN2S/c1-6-10(5-14)16-11(15-6)8-4-7(12)2-3-9(8)13/h2-4H,5,14H2,1H3. The van der Waals surface area contributed by atoms with E-state index in [4.69, 9.17) is 17.3 Å². The first-order chi connectivity index (χ1) is 7.61. The molecule has 0 amide bonds. The summed E-state index contributed by atoms with van der Waals surface area (Å²) in [4.78, 5) is 5.26. The van der Waals surface area contributed by atoms with E-state index < -0.39 is 0 Å². The number of halogens is 2. The van der Waals surface area contributed by atoms with Gasteiger partial charge in [0.2, 0.25) is 0 Å². The van der Waals surface area contributed by atoms with Crippen LogP contribution >= 0.6 is 22.9 Å². The molecule has 0 spiro atoms. The molecule has 2 rings (SSSR count). The number of benzene rings is 1. The van der Waals surface area contributed by atoms with Gasteiger partial charge in [-0.15, -0.1) is 11.3 Å². The van der Waals surface area contributed by atoms with Crippen molar-refractivity contribution in [3.05, 3.63) is 39.6 Å². The molecule has 1 aromatic heterocycles. The molecule has 5 heteroatoms. The zero-order chi connectivity index (χ0) is 11.7. The summed E-state index contributed by atoms with van der Waals surface area (Å²) in [6.45, 7) is 2.29. The van der Waals surface area contributed by atoms with E-state index in [9.17, 15) is 4.39 Å². The number of rotatable bonds is 2. The number of thiazole rings is 1. The predicted molar refractivity (Wildman–Crippen MR) is 65.1 cm³/mol. The van der Waals surface area contributed by atoms with Crippen molar-refractivity contribution < 1.29 is 4.39 Å². The third-order valence-electron chi connectivity index (χ3n) is 2.24. The van der Waals surface area contributed by atoms with Gasteiger partial charge < -0.3 is 5.73 Å². The Bertz CT molecular complexity index is 525. The number of nitrogens with zero attached hydrogens (tertiary/aromatic N) is 1. The minimum atomic E-state index is -0.318. The molecule has 1 heterocycles. The van der Waals surface area contributed by atoms with Crippen LogP contribution in [0.3, 0.4) is 0 Å². The van der Waals surface area contributed by atoms with Gasteiger partial charge in [0.25, 0.3) is 0 Å². The topological polar surface area (TPSA) is 38.9 Å². The second-order valence-corrected chi connectivity index (χ2v) is 4.88. The van der Waals surface area contributed by atoms with Crippen LogP contribution in [0.1, 0.15) is 10.6 Å². The lowest BCUT2D eigenvalue weighted by molar-refractivity contribution is 0.631. The number of hydrogen-bond donors (Lipinski definition) is 1. The molecule has 0 saturated heterocycles. The minimum absolute atomic E-state index is 0.318. The Morgan fingerprint density at radius 1 is 1.50 bits per heavy atom. The van der Waals surface area contributed by atoms with Gasteiger partial charge in [-0.25, -0.2) is 9.37 Å². The molecule has 0 unspecified atom stereocenters. The Labute approximate surface area is 102 Å². The lowest BCUT2D eigenvalue weighted by atomic mass is 10.2. The van der Waals surface area contributed by atoms with E-state index in [1.165, 1.54) is 23.5 Å². The summed E-state index contributed by atoms with van der Waals surface area (Å²) in [6, 6.07) is 4.44. The Hall–Kier alpha value is -0.970. The number of hydrogen-bond acceptors (Lipinski definition) is 3. The first-order valence-electron chi connectivity index (χ1n) is 4.73. The SMILES string of the molecule is Cc1nc(-c2cc(Cl)ccc2F)sc1CN. The average Bonchev–Trinajstić information content (AvgIpc) is 2.63. The molecule has 2 nitrogen and oxygen atoms in total. The molecule has 84 valence electrons. The Morgan fingerprint density at radius 3 is 2.88 bits per heavy atom. The summed E-state index contributed by atoms with van der Waals surface area (Å²) >= 11 is 7.23. The van der Waals surface area contributed by atoms with Gasteiger partial charge in [-0.3, -0.25) is 0 Å². The quantitative estimate of drug-likeness (QED) is 0.895. The van der Waals surface area contributed by atoms with Crippen molar-refractivity contribution in [2.24, 2.45) is 5.73 Å². The van der Waals surface area contributed by atoms with Crippen molar-refractivity contribution in [2.75, 3.05) is 0 Å². The van der Waals surface area contributed by atoms with E-state index in [0.29, 0.717) is 22.1 Å². The Morgan fingerprint density at radius 2 is 2.25 bits per heavy atom. The fraction of sp³-hybridized carbons (Fsp3) is 0.182. The van der Waals surface area contributed by atoms with E-state index in [2.05, 4.69) is 4.98 Å². The highest BCUT2D eigenvalue weighted by Crippen LogP contribution is 2.31. The molecule has 0 radical (unpaired) electrons. The fourth-order valence-corrected chi connectivity index (χ4v) is 2.53. The average molecular weight is 257 g/mol. The highest BCUT2D eigenvalue weighted by molar-refractivity contribution is 7.15. The molecule has 0 atom stereocenters. The van der Waals surface area contributed by atoms with Gasteiger partial charge in [-0.2, -0.15) is 0 Å². The van der Waals surface area contributed by atoms with Crippen LogP contribution in [0, 0.1) is 12.7 Å². The van der Waals surface area contributed by atoms with Gasteiger partial charge in [0.1, 0.15) is 10.8 Å². The second kappa shape index (κ2) is 4.49. The van der Waals surface area contributed by atoms with Crippen LogP contribution in [0.15, 0.2) is 18.2 Å². The largest absolute Gasteiger partial charge is 0.326 e. The Kier molecular flexibility index (Phi) is 3.23.